The monoisotopic (exact) mass is 426 g/mol. The molecule has 29 heavy (non-hydrogen) atoms. The predicted octanol–water partition coefficient (Wildman–Crippen LogP) is 1.05. The minimum absolute atomic E-state index is 0.0000706. The van der Waals surface area contributed by atoms with Crippen LogP contribution >= 0.6 is 11.6 Å². The van der Waals surface area contributed by atoms with E-state index >= 15 is 0 Å². The highest BCUT2D eigenvalue weighted by Crippen LogP contribution is 2.45. The Kier molecular flexibility index (Phi) is 5.91. The summed E-state index contributed by atoms with van der Waals surface area (Å²) in [6.07, 6.45) is 1.78. The fourth-order valence-electron chi connectivity index (χ4n) is 4.19. The normalized spacial score (nSPS) is 32.9. The van der Waals surface area contributed by atoms with E-state index < -0.39 is 12.0 Å². The first-order chi connectivity index (χ1) is 13.9. The highest BCUT2D eigenvalue weighted by atomic mass is 35.5. The van der Waals surface area contributed by atoms with Gasteiger partial charge in [-0.3, -0.25) is 19.7 Å². The van der Waals surface area contributed by atoms with E-state index in [-0.39, 0.29) is 47.4 Å². The molecule has 2 unspecified atom stereocenters. The Morgan fingerprint density at radius 2 is 1.97 bits per heavy atom. The molecule has 0 radical (unpaired) electrons. The fraction of sp³-hybridized carbons (Fsp3) is 0.579. The summed E-state index contributed by atoms with van der Waals surface area (Å²) >= 11 is 5.64. The molecule has 3 saturated carbocycles. The van der Waals surface area contributed by atoms with Crippen LogP contribution < -0.4 is 26.2 Å². The second-order valence-electron chi connectivity index (χ2n) is 7.89. The molecular weight excluding hydrogens is 403 g/mol. The van der Waals surface area contributed by atoms with Crippen molar-refractivity contribution in [3.8, 4) is 5.75 Å². The van der Waals surface area contributed by atoms with Gasteiger partial charge in [0.2, 0.25) is 6.23 Å². The molecule has 1 aromatic rings. The van der Waals surface area contributed by atoms with E-state index in [0.717, 1.165) is 18.9 Å². The Labute approximate surface area is 172 Å². The molecule has 1 saturated heterocycles. The Morgan fingerprint density at radius 1 is 1.24 bits per heavy atom. The molecule has 158 valence electrons. The maximum atomic E-state index is 13.4. The van der Waals surface area contributed by atoms with Crippen molar-refractivity contribution >= 4 is 23.4 Å². The summed E-state index contributed by atoms with van der Waals surface area (Å²) in [7, 11) is 0. The van der Waals surface area contributed by atoms with Crippen molar-refractivity contribution in [3.05, 3.63) is 29.0 Å². The van der Waals surface area contributed by atoms with Crippen molar-refractivity contribution in [2.24, 2.45) is 11.8 Å². The first-order valence-corrected chi connectivity index (χ1v) is 10.1. The Hall–Kier alpha value is -1.94. The smallest absolute Gasteiger partial charge is 0.266 e. The molecule has 5 rings (SSSR count). The third kappa shape index (κ3) is 4.63. The van der Waals surface area contributed by atoms with Crippen LogP contribution in [0.25, 0.3) is 0 Å². The zero-order chi connectivity index (χ0) is 20.5. The maximum Gasteiger partial charge on any atom is 0.266 e. The van der Waals surface area contributed by atoms with Crippen molar-refractivity contribution in [1.82, 2.24) is 21.4 Å². The van der Waals surface area contributed by atoms with E-state index in [9.17, 15) is 14.0 Å². The van der Waals surface area contributed by atoms with Gasteiger partial charge in [0, 0.05) is 18.2 Å². The van der Waals surface area contributed by atoms with Crippen molar-refractivity contribution in [3.63, 3.8) is 0 Å². The summed E-state index contributed by atoms with van der Waals surface area (Å²) in [5.41, 5.74) is 2.70. The van der Waals surface area contributed by atoms with Gasteiger partial charge in [0.05, 0.1) is 11.2 Å². The lowest BCUT2D eigenvalue weighted by Gasteiger charge is -2.51. The Bertz CT molecular complexity index is 791. The van der Waals surface area contributed by atoms with E-state index in [0.29, 0.717) is 18.3 Å². The van der Waals surface area contributed by atoms with Gasteiger partial charge in [-0.1, -0.05) is 11.6 Å². The largest absolute Gasteiger partial charge is 0.484 e. The number of fused-ring (bicyclic) bond motifs is 2. The van der Waals surface area contributed by atoms with Crippen LogP contribution in [0.15, 0.2) is 18.2 Å². The van der Waals surface area contributed by atoms with Gasteiger partial charge < -0.3 is 15.4 Å². The molecule has 1 heterocycles. The average molecular weight is 427 g/mol. The van der Waals surface area contributed by atoms with Gasteiger partial charge in [-0.2, -0.15) is 5.48 Å². The maximum absolute atomic E-state index is 13.4. The fourth-order valence-corrected chi connectivity index (χ4v) is 4.31. The third-order valence-electron chi connectivity index (χ3n) is 5.79. The average Bonchev–Trinajstić information content (AvgIpc) is 3.08. The summed E-state index contributed by atoms with van der Waals surface area (Å²) in [5.74, 6) is -0.00695. The zero-order valence-electron chi connectivity index (χ0n) is 15.9. The predicted molar refractivity (Wildman–Crippen MR) is 102 cm³/mol. The van der Waals surface area contributed by atoms with Crippen LogP contribution in [0.4, 0.5) is 4.39 Å². The number of amides is 2. The van der Waals surface area contributed by atoms with Gasteiger partial charge in [-0.25, -0.2) is 4.39 Å². The molecule has 4 atom stereocenters. The minimum atomic E-state index is -0.719. The van der Waals surface area contributed by atoms with Crippen LogP contribution in [0.2, 0.25) is 5.02 Å². The Balaban J connectivity index is 1.26. The highest BCUT2D eigenvalue weighted by molar-refractivity contribution is 6.30. The van der Waals surface area contributed by atoms with Gasteiger partial charge in [0.25, 0.3) is 11.8 Å². The molecule has 0 aromatic heterocycles. The van der Waals surface area contributed by atoms with Gasteiger partial charge in [0.1, 0.15) is 11.6 Å². The van der Waals surface area contributed by atoms with Gasteiger partial charge in [0.15, 0.2) is 6.61 Å². The second-order valence-corrected chi connectivity index (χ2v) is 8.29. The summed E-state index contributed by atoms with van der Waals surface area (Å²) in [5, 5.41) is 9.01. The Morgan fingerprint density at radius 3 is 2.62 bits per heavy atom. The topological polar surface area (TPSA) is 101 Å². The van der Waals surface area contributed by atoms with E-state index in [4.69, 9.17) is 21.2 Å². The van der Waals surface area contributed by atoms with Crippen molar-refractivity contribution in [2.75, 3.05) is 6.61 Å². The third-order valence-corrected chi connectivity index (χ3v) is 6.10. The van der Waals surface area contributed by atoms with Crippen LogP contribution in [-0.2, 0) is 14.4 Å². The van der Waals surface area contributed by atoms with E-state index in [1.54, 1.807) is 0 Å². The number of benzene rings is 1. The van der Waals surface area contributed by atoms with Crippen molar-refractivity contribution in [1.29, 1.82) is 0 Å². The van der Waals surface area contributed by atoms with Crippen molar-refractivity contribution in [2.45, 2.75) is 50.7 Å². The molecule has 2 bridgehead atoms. The molecule has 1 aromatic carbocycles. The van der Waals surface area contributed by atoms with Crippen LogP contribution in [0.3, 0.4) is 0 Å². The molecule has 4 N–H and O–H groups in total. The summed E-state index contributed by atoms with van der Waals surface area (Å²) < 4.78 is 18.8. The van der Waals surface area contributed by atoms with Gasteiger partial charge in [-0.15, -0.1) is 0 Å². The van der Waals surface area contributed by atoms with E-state index in [1.807, 2.05) is 6.92 Å². The zero-order valence-corrected chi connectivity index (χ0v) is 16.7. The summed E-state index contributed by atoms with van der Waals surface area (Å²) in [6, 6.07) is 4.00. The number of nitrogens with one attached hydrogen (secondary N) is 4. The second kappa shape index (κ2) is 8.43. The number of hydroxylamine groups is 1. The molecule has 0 spiro atoms. The molecular formula is C19H24ClFN4O4. The molecule has 8 nitrogen and oxygen atoms in total. The summed E-state index contributed by atoms with van der Waals surface area (Å²) in [4.78, 5) is 29.9. The van der Waals surface area contributed by atoms with Crippen molar-refractivity contribution < 1.29 is 23.6 Å². The standard InChI is InChI=1S/C19H24ClFN4O4/c1-9-22-19(29-25-9)18(27)24-16-7-15(10-4-11(16)5-10)23-17(26)8-28-12-2-3-13(20)14(21)6-12/h2-3,6,9-11,15-16,19,22,25H,4-5,7-8H2,1H3,(H,23,26)(H,24,27)/t9?,10?,11?,15-,16+,19?/m0/s1. The van der Waals surface area contributed by atoms with E-state index in [2.05, 4.69) is 21.4 Å². The lowest BCUT2D eigenvalue weighted by Crippen LogP contribution is -2.61. The van der Waals surface area contributed by atoms with Gasteiger partial charge >= 0.3 is 0 Å². The van der Waals surface area contributed by atoms with Crippen LogP contribution in [-0.4, -0.2) is 42.9 Å². The van der Waals surface area contributed by atoms with Gasteiger partial charge in [-0.05, 0) is 50.2 Å². The van der Waals surface area contributed by atoms with Crippen LogP contribution in [0.5, 0.6) is 5.75 Å². The minimum Gasteiger partial charge on any atom is -0.484 e. The molecule has 4 aliphatic rings. The SMILES string of the molecule is CC1NOC(C(=O)N[C@@H]2C[C@H](NC(=O)COc3ccc(Cl)c(F)c3)C3CC2C3)N1. The number of hydrogen-bond acceptors (Lipinski definition) is 6. The summed E-state index contributed by atoms with van der Waals surface area (Å²) in [6.45, 7) is 1.64. The quantitative estimate of drug-likeness (QED) is 0.542. The first kappa shape index (κ1) is 20.3. The molecule has 10 heteroatoms. The number of carbonyl (C=O) groups is 2. The molecule has 3 aliphatic carbocycles. The lowest BCUT2D eigenvalue weighted by molar-refractivity contribution is -0.136. The first-order valence-electron chi connectivity index (χ1n) is 9.74. The van der Waals surface area contributed by atoms with E-state index in [1.165, 1.54) is 12.1 Å². The molecule has 1 aliphatic heterocycles. The number of carbonyl (C=O) groups excluding carboxylic acids is 2. The number of hydrogen-bond donors (Lipinski definition) is 4. The number of ether oxygens (including phenoxy) is 1. The lowest BCUT2D eigenvalue weighted by atomic mass is 9.60. The van der Waals surface area contributed by atoms with Crippen LogP contribution in [0.1, 0.15) is 26.2 Å². The molecule has 2 amide bonds. The number of halogens is 2. The number of rotatable bonds is 6. The highest BCUT2D eigenvalue weighted by Gasteiger charge is 2.47. The van der Waals surface area contributed by atoms with Crippen LogP contribution in [0, 0.1) is 17.7 Å². The molecule has 4 fully saturated rings.